The first-order chi connectivity index (χ1) is 11.7. The zero-order chi connectivity index (χ0) is 18.0. The fraction of sp³-hybridized carbons (Fsp3) is 0.684. The highest BCUT2D eigenvalue weighted by Crippen LogP contribution is 2.55. The van der Waals surface area contributed by atoms with Crippen LogP contribution in [0.3, 0.4) is 0 Å². The van der Waals surface area contributed by atoms with Gasteiger partial charge in [0.25, 0.3) is 0 Å². The van der Waals surface area contributed by atoms with E-state index in [2.05, 4.69) is 19.0 Å². The van der Waals surface area contributed by atoms with Gasteiger partial charge in [0.2, 0.25) is 10.0 Å². The minimum Gasteiger partial charge on any atom is -0.370 e. The second-order valence-corrected chi connectivity index (χ2v) is 10.3. The van der Waals surface area contributed by atoms with Gasteiger partial charge in [0.1, 0.15) is 0 Å². The summed E-state index contributed by atoms with van der Waals surface area (Å²) in [7, 11) is 0.687. The van der Waals surface area contributed by atoms with Crippen LogP contribution in [0.15, 0.2) is 23.1 Å². The van der Waals surface area contributed by atoms with E-state index in [-0.39, 0.29) is 5.60 Å². The molecule has 3 aliphatic rings. The first-order valence-electron chi connectivity index (χ1n) is 9.13. The van der Waals surface area contributed by atoms with Crippen molar-refractivity contribution in [1.29, 1.82) is 0 Å². The Morgan fingerprint density at radius 3 is 2.80 bits per heavy atom. The number of benzene rings is 1. The average Bonchev–Trinajstić information content (AvgIpc) is 3.19. The molecule has 5 nitrogen and oxygen atoms in total. The summed E-state index contributed by atoms with van der Waals surface area (Å²) in [6, 6.07) is 5.66. The number of aryl methyl sites for hydroxylation is 2. The van der Waals surface area contributed by atoms with Gasteiger partial charge in [0.15, 0.2) is 0 Å². The van der Waals surface area contributed by atoms with Gasteiger partial charge >= 0.3 is 0 Å². The van der Waals surface area contributed by atoms with Crippen molar-refractivity contribution in [3.05, 3.63) is 29.3 Å². The molecule has 138 valence electrons. The van der Waals surface area contributed by atoms with Gasteiger partial charge in [0, 0.05) is 31.5 Å². The number of hydrogen-bond acceptors (Lipinski definition) is 4. The molecule has 3 aliphatic heterocycles. The van der Waals surface area contributed by atoms with E-state index in [4.69, 9.17) is 4.74 Å². The van der Waals surface area contributed by atoms with Crippen LogP contribution in [-0.4, -0.2) is 63.1 Å². The van der Waals surface area contributed by atoms with Crippen LogP contribution in [0, 0.1) is 25.7 Å². The highest BCUT2D eigenvalue weighted by atomic mass is 32.2. The Labute approximate surface area is 151 Å². The van der Waals surface area contributed by atoms with E-state index < -0.39 is 10.0 Å². The Morgan fingerprint density at radius 1 is 1.32 bits per heavy atom. The highest BCUT2D eigenvalue weighted by molar-refractivity contribution is 7.89. The maximum Gasteiger partial charge on any atom is 0.243 e. The van der Waals surface area contributed by atoms with Gasteiger partial charge in [-0.1, -0.05) is 12.1 Å². The summed E-state index contributed by atoms with van der Waals surface area (Å²) in [4.78, 5) is 2.65. The molecule has 0 aliphatic carbocycles. The summed E-state index contributed by atoms with van der Waals surface area (Å²) in [5.74, 6) is 0.746. The van der Waals surface area contributed by atoms with Gasteiger partial charge in [-0.3, -0.25) is 0 Å². The molecule has 25 heavy (non-hydrogen) atoms. The van der Waals surface area contributed by atoms with Crippen molar-refractivity contribution in [3.63, 3.8) is 0 Å². The number of hydrogen-bond donors (Lipinski definition) is 0. The zero-order valence-corrected chi connectivity index (χ0v) is 16.3. The van der Waals surface area contributed by atoms with Gasteiger partial charge in [-0.25, -0.2) is 8.42 Å². The van der Waals surface area contributed by atoms with Crippen molar-refractivity contribution in [2.45, 2.75) is 43.3 Å². The molecule has 4 atom stereocenters. The third-order valence-electron chi connectivity index (χ3n) is 6.29. The number of nitrogens with zero attached hydrogens (tertiary/aromatic N) is 2. The van der Waals surface area contributed by atoms with E-state index in [1.165, 1.54) is 0 Å². The van der Waals surface area contributed by atoms with Crippen LogP contribution in [-0.2, 0) is 14.8 Å². The van der Waals surface area contributed by atoms with Crippen molar-refractivity contribution >= 4 is 10.0 Å². The van der Waals surface area contributed by atoms with Gasteiger partial charge in [0.05, 0.1) is 16.6 Å². The van der Waals surface area contributed by atoms with E-state index >= 15 is 0 Å². The first-order valence-corrected chi connectivity index (χ1v) is 10.6. The van der Waals surface area contributed by atoms with Crippen molar-refractivity contribution in [1.82, 2.24) is 9.21 Å². The summed E-state index contributed by atoms with van der Waals surface area (Å²) in [6.07, 6.45) is 2.36. The predicted octanol–water partition coefficient (Wildman–Crippen LogP) is 2.03. The summed E-state index contributed by atoms with van der Waals surface area (Å²) in [5.41, 5.74) is 1.54. The van der Waals surface area contributed by atoms with Crippen LogP contribution in [0.4, 0.5) is 0 Å². The predicted molar refractivity (Wildman–Crippen MR) is 97.0 cm³/mol. The van der Waals surface area contributed by atoms with Crippen LogP contribution >= 0.6 is 0 Å². The normalized spacial score (nSPS) is 34.8. The Bertz CT molecular complexity index is 792. The molecule has 1 aromatic carbocycles. The molecule has 3 heterocycles. The SMILES string of the molecule is Cc1ccc(C)c(S(=O)(=O)N2C[C@@H]3[C@H](CN(C)C)[C@H]4CC[C@]3(C2)O4)c1. The van der Waals surface area contributed by atoms with Gasteiger partial charge < -0.3 is 9.64 Å². The van der Waals surface area contributed by atoms with E-state index in [0.717, 1.165) is 30.5 Å². The van der Waals surface area contributed by atoms with Crippen LogP contribution < -0.4 is 0 Å². The monoisotopic (exact) mass is 364 g/mol. The lowest BCUT2D eigenvalue weighted by molar-refractivity contribution is 0.00739. The van der Waals surface area contributed by atoms with E-state index in [0.29, 0.717) is 35.9 Å². The maximum atomic E-state index is 13.3. The lowest BCUT2D eigenvalue weighted by Gasteiger charge is -2.31. The summed E-state index contributed by atoms with van der Waals surface area (Å²) >= 11 is 0. The van der Waals surface area contributed by atoms with Crippen LogP contribution in [0.1, 0.15) is 24.0 Å². The van der Waals surface area contributed by atoms with Crippen LogP contribution in [0.25, 0.3) is 0 Å². The third-order valence-corrected chi connectivity index (χ3v) is 8.24. The van der Waals surface area contributed by atoms with Gasteiger partial charge in [-0.15, -0.1) is 0 Å². The van der Waals surface area contributed by atoms with Gasteiger partial charge in [-0.05, 0) is 58.0 Å². The number of rotatable bonds is 4. The molecule has 0 N–H and O–H groups in total. The molecule has 3 saturated heterocycles. The highest BCUT2D eigenvalue weighted by Gasteiger charge is 2.64. The molecule has 6 heteroatoms. The van der Waals surface area contributed by atoms with Gasteiger partial charge in [-0.2, -0.15) is 4.31 Å². The maximum absolute atomic E-state index is 13.3. The van der Waals surface area contributed by atoms with Crippen molar-refractivity contribution in [2.24, 2.45) is 11.8 Å². The molecule has 0 radical (unpaired) electrons. The number of ether oxygens (including phenoxy) is 1. The largest absolute Gasteiger partial charge is 0.370 e. The fourth-order valence-electron chi connectivity index (χ4n) is 5.12. The van der Waals surface area contributed by atoms with Crippen molar-refractivity contribution < 1.29 is 13.2 Å². The summed E-state index contributed by atoms with van der Waals surface area (Å²) in [5, 5.41) is 0. The lowest BCUT2D eigenvalue weighted by Crippen LogP contribution is -2.40. The standard InChI is InChI=1S/C19H28N2O3S/c1-13-5-6-14(2)18(9-13)25(22,23)21-11-16-15(10-20(3)4)17-7-8-19(16,12-21)24-17/h5-6,9,15-17H,7-8,10-12H2,1-4H3/t15-,16+,17+,19+/m0/s1. The molecule has 0 unspecified atom stereocenters. The van der Waals surface area contributed by atoms with E-state index in [1.807, 2.05) is 26.0 Å². The smallest absolute Gasteiger partial charge is 0.243 e. The molecule has 1 spiro atoms. The Morgan fingerprint density at radius 2 is 2.08 bits per heavy atom. The Balaban J connectivity index is 1.65. The Hall–Kier alpha value is -0.950. The molecule has 0 aromatic heterocycles. The second-order valence-electron chi connectivity index (χ2n) is 8.36. The topological polar surface area (TPSA) is 49.9 Å². The van der Waals surface area contributed by atoms with Crippen molar-refractivity contribution in [3.8, 4) is 0 Å². The molecular weight excluding hydrogens is 336 g/mol. The molecule has 3 fully saturated rings. The first kappa shape index (κ1) is 17.5. The van der Waals surface area contributed by atoms with Crippen LogP contribution in [0.5, 0.6) is 0 Å². The minimum atomic E-state index is -3.48. The van der Waals surface area contributed by atoms with Crippen molar-refractivity contribution in [2.75, 3.05) is 33.7 Å². The second kappa shape index (κ2) is 5.78. The molecule has 1 aromatic rings. The lowest BCUT2D eigenvalue weighted by atomic mass is 9.73. The molecule has 4 rings (SSSR count). The van der Waals surface area contributed by atoms with Crippen LogP contribution in [0.2, 0.25) is 0 Å². The number of sulfonamides is 1. The molecule has 0 saturated carbocycles. The quantitative estimate of drug-likeness (QED) is 0.820. The molecular formula is C19H28N2O3S. The number of fused-ring (bicyclic) bond motifs is 1. The third kappa shape index (κ3) is 2.65. The zero-order valence-electron chi connectivity index (χ0n) is 15.5. The Kier molecular flexibility index (Phi) is 4.03. The molecule has 2 bridgehead atoms. The van der Waals surface area contributed by atoms with E-state index in [1.54, 1.807) is 10.4 Å². The van der Waals surface area contributed by atoms with E-state index in [9.17, 15) is 8.42 Å². The fourth-order valence-corrected chi connectivity index (χ4v) is 6.95. The molecule has 0 amide bonds. The average molecular weight is 365 g/mol. The summed E-state index contributed by atoms with van der Waals surface area (Å²) in [6.45, 7) is 5.87. The summed E-state index contributed by atoms with van der Waals surface area (Å²) < 4.78 is 34.7. The minimum absolute atomic E-state index is 0.254.